The summed E-state index contributed by atoms with van der Waals surface area (Å²) in [7, 11) is 1.68. The van der Waals surface area contributed by atoms with E-state index in [0.717, 1.165) is 17.0 Å². The molecular weight excluding hydrogens is 270 g/mol. The Balaban J connectivity index is 1.76. The second kappa shape index (κ2) is 6.72. The molecule has 2 heteroatoms. The molecule has 2 nitrogen and oxygen atoms in total. The maximum absolute atomic E-state index is 5.18. The molecule has 3 aromatic carbocycles. The highest BCUT2D eigenvalue weighted by Gasteiger charge is 1.98. The van der Waals surface area contributed by atoms with Crippen LogP contribution in [0.5, 0.6) is 5.75 Å². The van der Waals surface area contributed by atoms with Crippen molar-refractivity contribution < 1.29 is 4.74 Å². The first-order chi connectivity index (χ1) is 10.8. The number of rotatable bonds is 4. The van der Waals surface area contributed by atoms with Gasteiger partial charge in [-0.2, -0.15) is 0 Å². The van der Waals surface area contributed by atoms with E-state index < -0.39 is 0 Å². The van der Waals surface area contributed by atoms with Crippen LogP contribution < -0.4 is 4.74 Å². The Morgan fingerprint density at radius 2 is 1.32 bits per heavy atom. The molecule has 22 heavy (non-hydrogen) atoms. The van der Waals surface area contributed by atoms with Gasteiger partial charge in [0, 0.05) is 6.21 Å². The Morgan fingerprint density at radius 1 is 0.727 bits per heavy atom. The molecule has 0 spiro atoms. The molecule has 0 aliphatic heterocycles. The van der Waals surface area contributed by atoms with Crippen molar-refractivity contribution in [3.63, 3.8) is 0 Å². The minimum Gasteiger partial charge on any atom is -0.497 e. The lowest BCUT2D eigenvalue weighted by Crippen LogP contribution is -1.82. The fraction of sp³-hybridized carbons (Fsp3) is 0.0500. The first-order valence-corrected chi connectivity index (χ1v) is 7.19. The molecule has 0 unspecified atom stereocenters. The van der Waals surface area contributed by atoms with Crippen LogP contribution in [0.2, 0.25) is 0 Å². The Bertz CT molecular complexity index is 744. The zero-order chi connectivity index (χ0) is 15.2. The average Bonchev–Trinajstić information content (AvgIpc) is 2.61. The summed E-state index contributed by atoms with van der Waals surface area (Å²) in [5.41, 5.74) is 4.38. The topological polar surface area (TPSA) is 21.6 Å². The third kappa shape index (κ3) is 3.41. The van der Waals surface area contributed by atoms with Crippen LogP contribution in [0, 0.1) is 0 Å². The zero-order valence-corrected chi connectivity index (χ0v) is 12.4. The van der Waals surface area contributed by atoms with E-state index in [-0.39, 0.29) is 0 Å². The second-order valence-electron chi connectivity index (χ2n) is 4.94. The molecule has 0 radical (unpaired) electrons. The largest absolute Gasteiger partial charge is 0.497 e. The third-order valence-electron chi connectivity index (χ3n) is 3.45. The summed E-state index contributed by atoms with van der Waals surface area (Å²) in [6.07, 6.45) is 1.88. The number of nitrogens with zero attached hydrogens (tertiary/aromatic N) is 1. The zero-order valence-electron chi connectivity index (χ0n) is 12.4. The van der Waals surface area contributed by atoms with Crippen molar-refractivity contribution >= 4 is 11.9 Å². The number of aliphatic imine (C=N–C) groups is 1. The summed E-state index contributed by atoms with van der Waals surface area (Å²) < 4.78 is 5.18. The van der Waals surface area contributed by atoms with Crippen LogP contribution in [-0.2, 0) is 0 Å². The van der Waals surface area contributed by atoms with Gasteiger partial charge in [-0.25, -0.2) is 0 Å². The van der Waals surface area contributed by atoms with Gasteiger partial charge in [0.05, 0.1) is 12.8 Å². The SMILES string of the molecule is COc1ccc(-c2ccc(/N=C/c3ccccc3)cc2)cc1. The Hall–Kier alpha value is -2.87. The van der Waals surface area contributed by atoms with Crippen LogP contribution in [0.15, 0.2) is 83.9 Å². The van der Waals surface area contributed by atoms with Crippen LogP contribution in [0.1, 0.15) is 5.56 Å². The molecule has 0 N–H and O–H groups in total. The molecule has 0 aliphatic rings. The van der Waals surface area contributed by atoms with Gasteiger partial charge in [0.1, 0.15) is 5.75 Å². The van der Waals surface area contributed by atoms with Crippen molar-refractivity contribution in [2.45, 2.75) is 0 Å². The fourth-order valence-electron chi connectivity index (χ4n) is 2.21. The first-order valence-electron chi connectivity index (χ1n) is 7.19. The maximum Gasteiger partial charge on any atom is 0.118 e. The summed E-state index contributed by atoms with van der Waals surface area (Å²) in [6, 6.07) is 26.4. The lowest BCUT2D eigenvalue weighted by Gasteiger charge is -2.04. The number of benzene rings is 3. The monoisotopic (exact) mass is 287 g/mol. The van der Waals surface area contributed by atoms with Crippen LogP contribution >= 0.6 is 0 Å². The minimum atomic E-state index is 0.868. The highest BCUT2D eigenvalue weighted by atomic mass is 16.5. The quantitative estimate of drug-likeness (QED) is 0.611. The molecule has 3 aromatic rings. The summed E-state index contributed by atoms with van der Waals surface area (Å²) in [5.74, 6) is 0.868. The van der Waals surface area contributed by atoms with E-state index in [1.54, 1.807) is 7.11 Å². The summed E-state index contributed by atoms with van der Waals surface area (Å²) in [4.78, 5) is 4.49. The summed E-state index contributed by atoms with van der Waals surface area (Å²) in [6.45, 7) is 0. The van der Waals surface area contributed by atoms with E-state index >= 15 is 0 Å². The molecule has 0 aromatic heterocycles. The molecule has 0 fully saturated rings. The average molecular weight is 287 g/mol. The first kappa shape index (κ1) is 14.1. The standard InChI is InChI=1S/C20H17NO/c1-22-20-13-9-18(10-14-20)17-7-11-19(12-8-17)21-15-16-5-3-2-4-6-16/h2-15H,1H3/b21-15+. The lowest BCUT2D eigenvalue weighted by molar-refractivity contribution is 0.415. The van der Waals surface area contributed by atoms with Gasteiger partial charge in [-0.15, -0.1) is 0 Å². The molecule has 0 heterocycles. The molecule has 0 atom stereocenters. The van der Waals surface area contributed by atoms with Crippen LogP contribution in [0.25, 0.3) is 11.1 Å². The fourth-order valence-corrected chi connectivity index (χ4v) is 2.21. The van der Waals surface area contributed by atoms with E-state index in [9.17, 15) is 0 Å². The number of methoxy groups -OCH3 is 1. The molecule has 3 rings (SSSR count). The predicted molar refractivity (Wildman–Crippen MR) is 92.1 cm³/mol. The van der Waals surface area contributed by atoms with Crippen molar-refractivity contribution in [2.75, 3.05) is 7.11 Å². The van der Waals surface area contributed by atoms with Crippen molar-refractivity contribution in [3.8, 4) is 16.9 Å². The summed E-state index contributed by atoms with van der Waals surface area (Å²) >= 11 is 0. The van der Waals surface area contributed by atoms with E-state index in [4.69, 9.17) is 4.74 Å². The van der Waals surface area contributed by atoms with E-state index in [1.807, 2.05) is 60.8 Å². The van der Waals surface area contributed by atoms with Gasteiger partial charge < -0.3 is 4.74 Å². The highest BCUT2D eigenvalue weighted by Crippen LogP contribution is 2.24. The van der Waals surface area contributed by atoms with Crippen LogP contribution in [0.3, 0.4) is 0 Å². The third-order valence-corrected chi connectivity index (χ3v) is 3.45. The second-order valence-corrected chi connectivity index (χ2v) is 4.94. The Morgan fingerprint density at radius 3 is 1.91 bits per heavy atom. The van der Waals surface area contributed by atoms with Gasteiger partial charge in [0.25, 0.3) is 0 Å². The van der Waals surface area contributed by atoms with E-state index in [0.29, 0.717) is 0 Å². The smallest absolute Gasteiger partial charge is 0.118 e. The van der Waals surface area contributed by atoms with Gasteiger partial charge in [-0.3, -0.25) is 4.99 Å². The van der Waals surface area contributed by atoms with E-state index in [2.05, 4.69) is 29.3 Å². The number of hydrogen-bond acceptors (Lipinski definition) is 2. The molecule has 0 aliphatic carbocycles. The lowest BCUT2D eigenvalue weighted by atomic mass is 10.1. The maximum atomic E-state index is 5.18. The number of ether oxygens (including phenoxy) is 1. The normalized spacial score (nSPS) is 10.8. The van der Waals surface area contributed by atoms with Gasteiger partial charge in [0.2, 0.25) is 0 Å². The molecule has 0 saturated heterocycles. The van der Waals surface area contributed by atoms with Crippen molar-refractivity contribution in [1.82, 2.24) is 0 Å². The van der Waals surface area contributed by atoms with Crippen molar-refractivity contribution in [2.24, 2.45) is 4.99 Å². The molecular formula is C20H17NO. The molecule has 0 bridgehead atoms. The van der Waals surface area contributed by atoms with Crippen molar-refractivity contribution in [3.05, 3.63) is 84.4 Å². The number of hydrogen-bond donors (Lipinski definition) is 0. The Labute approximate surface area is 130 Å². The van der Waals surface area contributed by atoms with Gasteiger partial charge in [-0.05, 0) is 41.0 Å². The van der Waals surface area contributed by atoms with Gasteiger partial charge in [-0.1, -0.05) is 54.6 Å². The molecule has 0 saturated carbocycles. The molecule has 0 amide bonds. The van der Waals surface area contributed by atoms with Crippen molar-refractivity contribution in [1.29, 1.82) is 0 Å². The minimum absolute atomic E-state index is 0.868. The Kier molecular flexibility index (Phi) is 4.30. The highest BCUT2D eigenvalue weighted by molar-refractivity contribution is 5.82. The molecule has 108 valence electrons. The van der Waals surface area contributed by atoms with E-state index in [1.165, 1.54) is 11.1 Å². The summed E-state index contributed by atoms with van der Waals surface area (Å²) in [5, 5.41) is 0. The predicted octanol–water partition coefficient (Wildman–Crippen LogP) is 5.11. The van der Waals surface area contributed by atoms with Gasteiger partial charge in [0.15, 0.2) is 0 Å². The van der Waals surface area contributed by atoms with Crippen LogP contribution in [-0.4, -0.2) is 13.3 Å². The van der Waals surface area contributed by atoms with Gasteiger partial charge >= 0.3 is 0 Å². The van der Waals surface area contributed by atoms with Crippen LogP contribution in [0.4, 0.5) is 5.69 Å².